The van der Waals surface area contributed by atoms with E-state index in [0.29, 0.717) is 47.9 Å². The van der Waals surface area contributed by atoms with E-state index in [4.69, 9.17) is 19.9 Å². The van der Waals surface area contributed by atoms with Crippen molar-refractivity contribution in [2.24, 2.45) is 5.73 Å². The lowest BCUT2D eigenvalue weighted by molar-refractivity contribution is 0.0992. The Morgan fingerprint density at radius 2 is 1.85 bits per heavy atom. The summed E-state index contributed by atoms with van der Waals surface area (Å²) >= 11 is 0. The molecule has 0 unspecified atom stereocenters. The number of benzene rings is 2. The first-order chi connectivity index (χ1) is 12.7. The van der Waals surface area contributed by atoms with E-state index in [1.54, 1.807) is 24.3 Å². The van der Waals surface area contributed by atoms with Gasteiger partial charge in [-0.1, -0.05) is 6.07 Å². The Morgan fingerprint density at radius 1 is 1.12 bits per heavy atom. The fourth-order valence-electron chi connectivity index (χ4n) is 2.53. The largest absolute Gasteiger partial charge is 0.489 e. The SMILES string of the molecule is NC/C(=C/F)COc1ccc(C(=O)Cc2ccc3c(c2)OCCO3)cc1. The van der Waals surface area contributed by atoms with Crippen molar-refractivity contribution in [3.8, 4) is 17.2 Å². The van der Waals surface area contributed by atoms with Crippen LogP contribution in [0.25, 0.3) is 0 Å². The minimum atomic E-state index is -0.0143. The van der Waals surface area contributed by atoms with Gasteiger partial charge in [0.15, 0.2) is 17.3 Å². The molecular weight excluding hydrogens is 337 g/mol. The molecule has 0 amide bonds. The second kappa shape index (κ2) is 8.49. The van der Waals surface area contributed by atoms with Crippen LogP contribution >= 0.6 is 0 Å². The van der Waals surface area contributed by atoms with Gasteiger partial charge in [-0.3, -0.25) is 4.79 Å². The zero-order chi connectivity index (χ0) is 18.4. The summed E-state index contributed by atoms with van der Waals surface area (Å²) in [6.45, 7) is 1.23. The van der Waals surface area contributed by atoms with Crippen LogP contribution in [-0.4, -0.2) is 32.1 Å². The van der Waals surface area contributed by atoms with Gasteiger partial charge in [0.1, 0.15) is 25.6 Å². The molecule has 0 atom stereocenters. The predicted octanol–water partition coefficient (Wildman–Crippen LogP) is 3.07. The van der Waals surface area contributed by atoms with Gasteiger partial charge in [0.05, 0.1) is 6.33 Å². The topological polar surface area (TPSA) is 70.8 Å². The molecule has 26 heavy (non-hydrogen) atoms. The molecule has 0 bridgehead atoms. The lowest BCUT2D eigenvalue weighted by Gasteiger charge is -2.18. The Kier molecular flexibility index (Phi) is 5.86. The molecule has 136 valence electrons. The third kappa shape index (κ3) is 4.40. The van der Waals surface area contributed by atoms with Crippen LogP contribution in [0.15, 0.2) is 54.4 Å². The summed E-state index contributed by atoms with van der Waals surface area (Å²) in [5.74, 6) is 1.91. The molecule has 0 radical (unpaired) electrons. The van der Waals surface area contributed by atoms with Crippen molar-refractivity contribution in [3.63, 3.8) is 0 Å². The fraction of sp³-hybridized carbons (Fsp3) is 0.250. The first-order valence-electron chi connectivity index (χ1n) is 8.32. The zero-order valence-corrected chi connectivity index (χ0v) is 14.2. The van der Waals surface area contributed by atoms with Crippen LogP contribution in [0.5, 0.6) is 17.2 Å². The molecule has 0 fully saturated rings. The van der Waals surface area contributed by atoms with Crippen LogP contribution in [0.2, 0.25) is 0 Å². The van der Waals surface area contributed by atoms with Gasteiger partial charge < -0.3 is 19.9 Å². The van der Waals surface area contributed by atoms with Crippen LogP contribution in [0.1, 0.15) is 15.9 Å². The highest BCUT2D eigenvalue weighted by Crippen LogP contribution is 2.31. The summed E-state index contributed by atoms with van der Waals surface area (Å²) in [6, 6.07) is 12.3. The van der Waals surface area contributed by atoms with Crippen molar-refractivity contribution in [2.45, 2.75) is 6.42 Å². The number of carbonyl (C=O) groups is 1. The molecule has 5 nitrogen and oxygen atoms in total. The number of ketones is 1. The monoisotopic (exact) mass is 357 g/mol. The Labute approximate surface area is 151 Å². The van der Waals surface area contributed by atoms with E-state index < -0.39 is 0 Å². The fourth-order valence-corrected chi connectivity index (χ4v) is 2.53. The van der Waals surface area contributed by atoms with Gasteiger partial charge in [0.25, 0.3) is 0 Å². The second-order valence-corrected chi connectivity index (χ2v) is 5.86. The van der Waals surface area contributed by atoms with Crippen molar-refractivity contribution < 1.29 is 23.4 Å². The number of fused-ring (bicyclic) bond motifs is 1. The van der Waals surface area contributed by atoms with E-state index in [0.717, 1.165) is 5.56 Å². The lowest BCUT2D eigenvalue weighted by Crippen LogP contribution is -2.15. The third-order valence-corrected chi connectivity index (χ3v) is 3.99. The quantitative estimate of drug-likeness (QED) is 0.771. The van der Waals surface area contributed by atoms with E-state index in [1.807, 2.05) is 18.2 Å². The lowest BCUT2D eigenvalue weighted by atomic mass is 10.0. The maximum Gasteiger partial charge on any atom is 0.167 e. The standard InChI is InChI=1S/C20H20FNO4/c21-11-15(12-22)13-26-17-4-2-16(3-5-17)18(23)9-14-1-6-19-20(10-14)25-8-7-24-19/h1-6,10-11H,7-9,12-13,22H2/b15-11-. The number of hydrogen-bond acceptors (Lipinski definition) is 5. The Morgan fingerprint density at radius 3 is 2.54 bits per heavy atom. The van der Waals surface area contributed by atoms with Gasteiger partial charge in [-0.05, 0) is 42.0 Å². The summed E-state index contributed by atoms with van der Waals surface area (Å²) in [5, 5.41) is 0. The second-order valence-electron chi connectivity index (χ2n) is 5.86. The molecule has 3 rings (SSSR count). The molecule has 0 saturated carbocycles. The van der Waals surface area contributed by atoms with Gasteiger partial charge in [0.2, 0.25) is 0 Å². The van der Waals surface area contributed by atoms with E-state index >= 15 is 0 Å². The summed E-state index contributed by atoms with van der Waals surface area (Å²) in [4.78, 5) is 12.5. The van der Waals surface area contributed by atoms with Crippen LogP contribution in [0, 0.1) is 0 Å². The summed E-state index contributed by atoms with van der Waals surface area (Å²) in [5.41, 5.74) is 7.18. The average molecular weight is 357 g/mol. The molecule has 1 aliphatic heterocycles. The van der Waals surface area contributed by atoms with Crippen LogP contribution in [0.3, 0.4) is 0 Å². The summed E-state index contributed by atoms with van der Waals surface area (Å²) < 4.78 is 28.9. The van der Waals surface area contributed by atoms with Crippen molar-refractivity contribution in [1.82, 2.24) is 0 Å². The zero-order valence-electron chi connectivity index (χ0n) is 14.2. The van der Waals surface area contributed by atoms with Crippen molar-refractivity contribution in [1.29, 1.82) is 0 Å². The molecule has 0 saturated heterocycles. The van der Waals surface area contributed by atoms with E-state index in [-0.39, 0.29) is 25.4 Å². The maximum absolute atomic E-state index is 12.5. The van der Waals surface area contributed by atoms with E-state index in [9.17, 15) is 9.18 Å². The van der Waals surface area contributed by atoms with E-state index in [1.165, 1.54) is 0 Å². The van der Waals surface area contributed by atoms with Gasteiger partial charge in [-0.2, -0.15) is 0 Å². The molecule has 6 heteroatoms. The summed E-state index contributed by atoms with van der Waals surface area (Å²) in [7, 11) is 0. The van der Waals surface area contributed by atoms with Crippen molar-refractivity contribution >= 4 is 5.78 Å². The highest BCUT2D eigenvalue weighted by molar-refractivity contribution is 5.97. The predicted molar refractivity (Wildman–Crippen MR) is 95.6 cm³/mol. The van der Waals surface area contributed by atoms with Crippen LogP contribution in [-0.2, 0) is 6.42 Å². The minimum Gasteiger partial charge on any atom is -0.489 e. The van der Waals surface area contributed by atoms with Gasteiger partial charge in [-0.25, -0.2) is 4.39 Å². The molecule has 2 aromatic carbocycles. The number of Topliss-reactive ketones (excluding diaryl/α,β-unsaturated/α-hetero) is 1. The molecular formula is C20H20FNO4. The van der Waals surface area contributed by atoms with Gasteiger partial charge in [0, 0.05) is 24.1 Å². The third-order valence-electron chi connectivity index (χ3n) is 3.99. The highest BCUT2D eigenvalue weighted by Gasteiger charge is 2.14. The first kappa shape index (κ1) is 17.9. The number of halogens is 1. The molecule has 1 heterocycles. The Bertz CT molecular complexity index is 802. The maximum atomic E-state index is 12.5. The smallest absolute Gasteiger partial charge is 0.167 e. The molecule has 2 aromatic rings. The normalized spacial score (nSPS) is 13.4. The summed E-state index contributed by atoms with van der Waals surface area (Å²) in [6.07, 6.45) is 0.712. The van der Waals surface area contributed by atoms with Gasteiger partial charge in [-0.15, -0.1) is 0 Å². The van der Waals surface area contributed by atoms with Crippen molar-refractivity contribution in [3.05, 3.63) is 65.5 Å². The Hall–Kier alpha value is -2.86. The van der Waals surface area contributed by atoms with Crippen LogP contribution in [0.4, 0.5) is 4.39 Å². The molecule has 0 spiro atoms. The van der Waals surface area contributed by atoms with Crippen molar-refractivity contribution in [2.75, 3.05) is 26.4 Å². The first-order valence-corrected chi connectivity index (χ1v) is 8.32. The molecule has 1 aliphatic rings. The Balaban J connectivity index is 1.61. The number of hydrogen-bond donors (Lipinski definition) is 1. The molecule has 0 aromatic heterocycles. The number of ether oxygens (including phenoxy) is 3. The number of rotatable bonds is 7. The average Bonchev–Trinajstić information content (AvgIpc) is 2.69. The number of nitrogens with two attached hydrogens (primary N) is 1. The van der Waals surface area contributed by atoms with Gasteiger partial charge >= 0.3 is 0 Å². The molecule has 0 aliphatic carbocycles. The molecule has 2 N–H and O–H groups in total. The van der Waals surface area contributed by atoms with Crippen LogP contribution < -0.4 is 19.9 Å². The number of carbonyl (C=O) groups excluding carboxylic acids is 1. The minimum absolute atomic E-state index is 0.0143. The van der Waals surface area contributed by atoms with E-state index in [2.05, 4.69) is 0 Å². The highest BCUT2D eigenvalue weighted by atomic mass is 19.1.